The fraction of sp³-hybridized carbons (Fsp3) is 0.562. The fourth-order valence-corrected chi connectivity index (χ4v) is 2.24. The highest BCUT2D eigenvalue weighted by Gasteiger charge is 2.30. The van der Waals surface area contributed by atoms with Crippen LogP contribution in [0.2, 0.25) is 0 Å². The van der Waals surface area contributed by atoms with Crippen molar-refractivity contribution in [3.63, 3.8) is 0 Å². The summed E-state index contributed by atoms with van der Waals surface area (Å²) in [6, 6.07) is -5.16. The van der Waals surface area contributed by atoms with Crippen molar-refractivity contribution in [1.82, 2.24) is 25.9 Å². The molecule has 5 unspecified atom stereocenters. The normalized spacial score (nSPS) is 16.0. The van der Waals surface area contributed by atoms with Gasteiger partial charge in [-0.05, 0) is 13.8 Å². The number of hydrogen-bond donors (Lipinski definition) is 8. The fourth-order valence-electron chi connectivity index (χ4n) is 2.24. The van der Waals surface area contributed by atoms with E-state index in [1.807, 2.05) is 5.32 Å². The number of aliphatic carboxylic acids is 1. The molecule has 13 heteroatoms. The molecule has 1 aromatic heterocycles. The molecule has 162 valence electrons. The van der Waals surface area contributed by atoms with E-state index < -0.39 is 60.6 Å². The minimum Gasteiger partial charge on any atom is -0.480 e. The van der Waals surface area contributed by atoms with Crippen LogP contribution in [0.1, 0.15) is 19.5 Å². The molecule has 0 radical (unpaired) electrons. The van der Waals surface area contributed by atoms with Gasteiger partial charge in [-0.15, -0.1) is 0 Å². The second-order valence-corrected chi connectivity index (χ2v) is 6.43. The summed E-state index contributed by atoms with van der Waals surface area (Å²) >= 11 is 0. The number of hydrogen-bond acceptors (Lipinski definition) is 8. The zero-order valence-corrected chi connectivity index (χ0v) is 16.0. The lowest BCUT2D eigenvalue weighted by Gasteiger charge is -2.24. The number of aliphatic hydroxyl groups is 2. The number of carboxylic acid groups (broad SMARTS) is 1. The molecule has 29 heavy (non-hydrogen) atoms. The molecule has 9 N–H and O–H groups in total. The lowest BCUT2D eigenvalue weighted by atomic mass is 10.1. The van der Waals surface area contributed by atoms with Gasteiger partial charge in [0.15, 0.2) is 0 Å². The summed E-state index contributed by atoms with van der Waals surface area (Å²) in [4.78, 5) is 54.0. The van der Waals surface area contributed by atoms with Crippen LogP contribution < -0.4 is 21.7 Å². The van der Waals surface area contributed by atoms with Crippen molar-refractivity contribution in [2.24, 2.45) is 5.73 Å². The maximum absolute atomic E-state index is 12.4. The van der Waals surface area contributed by atoms with E-state index in [-0.39, 0.29) is 6.42 Å². The van der Waals surface area contributed by atoms with Gasteiger partial charge in [0.05, 0.1) is 25.1 Å². The second kappa shape index (κ2) is 11.1. The zero-order valence-electron chi connectivity index (χ0n) is 16.0. The molecular weight excluding hydrogens is 388 g/mol. The summed E-state index contributed by atoms with van der Waals surface area (Å²) in [5.41, 5.74) is 6.39. The van der Waals surface area contributed by atoms with E-state index in [1.54, 1.807) is 0 Å². The highest BCUT2D eigenvalue weighted by atomic mass is 16.4. The number of nitrogens with zero attached hydrogens (tertiary/aromatic N) is 1. The van der Waals surface area contributed by atoms with E-state index in [0.717, 1.165) is 0 Å². The number of carbonyl (C=O) groups excluding carboxylic acids is 3. The van der Waals surface area contributed by atoms with Crippen LogP contribution in [0.5, 0.6) is 0 Å². The number of amides is 3. The van der Waals surface area contributed by atoms with Crippen LogP contribution >= 0.6 is 0 Å². The van der Waals surface area contributed by atoms with Crippen molar-refractivity contribution < 1.29 is 34.5 Å². The molecule has 1 rings (SSSR count). The number of carbonyl (C=O) groups is 4. The monoisotopic (exact) mass is 414 g/mol. The van der Waals surface area contributed by atoms with Crippen molar-refractivity contribution in [2.75, 3.05) is 6.61 Å². The maximum Gasteiger partial charge on any atom is 0.328 e. The van der Waals surface area contributed by atoms with Gasteiger partial charge < -0.3 is 42.0 Å². The molecule has 5 atom stereocenters. The molecule has 0 saturated heterocycles. The first-order valence-electron chi connectivity index (χ1n) is 8.72. The highest BCUT2D eigenvalue weighted by molar-refractivity contribution is 5.94. The molecule has 0 fully saturated rings. The Morgan fingerprint density at radius 1 is 1.14 bits per heavy atom. The predicted octanol–water partition coefficient (Wildman–Crippen LogP) is -3.79. The van der Waals surface area contributed by atoms with Gasteiger partial charge in [-0.25, -0.2) is 9.78 Å². The quantitative estimate of drug-likeness (QED) is 0.178. The third kappa shape index (κ3) is 7.48. The number of aromatic amines is 1. The first-order valence-corrected chi connectivity index (χ1v) is 8.72. The van der Waals surface area contributed by atoms with E-state index in [2.05, 4.69) is 20.6 Å². The van der Waals surface area contributed by atoms with Gasteiger partial charge in [-0.2, -0.15) is 0 Å². The number of aliphatic hydroxyl groups excluding tert-OH is 2. The van der Waals surface area contributed by atoms with Crippen LogP contribution in [-0.4, -0.2) is 85.9 Å². The van der Waals surface area contributed by atoms with Crippen molar-refractivity contribution in [3.8, 4) is 0 Å². The summed E-state index contributed by atoms with van der Waals surface area (Å²) in [6.07, 6.45) is 1.72. The van der Waals surface area contributed by atoms with Crippen molar-refractivity contribution >= 4 is 23.7 Å². The molecule has 0 bridgehead atoms. The topological polar surface area (TPSA) is 220 Å². The van der Waals surface area contributed by atoms with Gasteiger partial charge in [0.1, 0.15) is 18.1 Å². The molecule has 0 spiro atoms. The van der Waals surface area contributed by atoms with E-state index in [4.69, 9.17) is 15.9 Å². The first-order chi connectivity index (χ1) is 13.6. The van der Waals surface area contributed by atoms with E-state index in [9.17, 15) is 24.3 Å². The van der Waals surface area contributed by atoms with Crippen LogP contribution in [0.25, 0.3) is 0 Å². The Balaban J connectivity index is 2.67. The third-order valence-electron chi connectivity index (χ3n) is 3.94. The summed E-state index contributed by atoms with van der Waals surface area (Å²) in [6.45, 7) is 1.71. The van der Waals surface area contributed by atoms with Crippen molar-refractivity contribution in [2.45, 2.75) is 50.5 Å². The number of nitrogens with one attached hydrogen (secondary N) is 4. The van der Waals surface area contributed by atoms with Crippen LogP contribution in [0, 0.1) is 0 Å². The molecule has 0 aliphatic heterocycles. The molecule has 13 nitrogen and oxygen atoms in total. The minimum absolute atomic E-state index is 0.122. The second-order valence-electron chi connectivity index (χ2n) is 6.43. The molecule has 3 amide bonds. The number of rotatable bonds is 11. The Bertz CT molecular complexity index is 709. The molecule has 1 heterocycles. The number of nitrogens with two attached hydrogens (primary N) is 1. The molecule has 0 aliphatic carbocycles. The smallest absolute Gasteiger partial charge is 0.328 e. The SMILES string of the molecule is CC(NC(=O)C(NC(=O)C(N)Cc1cnc[nH]1)C(C)O)C(=O)NC(CO)C(=O)O. The summed E-state index contributed by atoms with van der Waals surface area (Å²) in [7, 11) is 0. The van der Waals surface area contributed by atoms with Gasteiger partial charge in [0, 0.05) is 18.3 Å². The lowest BCUT2D eigenvalue weighted by Crippen LogP contribution is -2.59. The van der Waals surface area contributed by atoms with Crippen LogP contribution in [0.3, 0.4) is 0 Å². The first kappa shape index (κ1) is 24.0. The molecule has 0 aliphatic rings. The summed E-state index contributed by atoms with van der Waals surface area (Å²) in [5.74, 6) is -3.89. The standard InChI is InChI=1S/C16H26N6O7/c1-7(13(25)21-11(5-23)16(28)29)20-15(27)12(8(2)24)22-14(26)10(17)3-9-4-18-6-19-9/h4,6-8,10-12,23-24H,3,5,17H2,1-2H3,(H,18,19)(H,20,27)(H,21,25)(H,22,26)(H,28,29). The minimum atomic E-state index is -1.53. The Labute approximate surface area is 166 Å². The largest absolute Gasteiger partial charge is 0.480 e. The van der Waals surface area contributed by atoms with E-state index >= 15 is 0 Å². The van der Waals surface area contributed by atoms with Gasteiger partial charge >= 0.3 is 5.97 Å². The molecule has 0 aromatic carbocycles. The van der Waals surface area contributed by atoms with E-state index in [1.165, 1.54) is 26.4 Å². The Morgan fingerprint density at radius 2 is 1.79 bits per heavy atom. The third-order valence-corrected chi connectivity index (χ3v) is 3.94. The van der Waals surface area contributed by atoms with Gasteiger partial charge in [-0.1, -0.05) is 0 Å². The molecule has 1 aromatic rings. The zero-order chi connectivity index (χ0) is 22.1. The predicted molar refractivity (Wildman–Crippen MR) is 98.1 cm³/mol. The highest BCUT2D eigenvalue weighted by Crippen LogP contribution is 2.00. The van der Waals surface area contributed by atoms with E-state index in [0.29, 0.717) is 5.69 Å². The van der Waals surface area contributed by atoms with Gasteiger partial charge in [-0.3, -0.25) is 14.4 Å². The number of carboxylic acids is 1. The van der Waals surface area contributed by atoms with Crippen molar-refractivity contribution in [3.05, 3.63) is 18.2 Å². The maximum atomic E-state index is 12.4. The summed E-state index contributed by atoms with van der Waals surface area (Å²) in [5, 5.41) is 34.2. The number of aromatic nitrogens is 2. The Hall–Kier alpha value is -3.03. The van der Waals surface area contributed by atoms with Gasteiger partial charge in [0.2, 0.25) is 17.7 Å². The average molecular weight is 414 g/mol. The lowest BCUT2D eigenvalue weighted by molar-refractivity contribution is -0.143. The number of imidazole rings is 1. The molecular formula is C16H26N6O7. The van der Waals surface area contributed by atoms with Crippen LogP contribution in [-0.2, 0) is 25.6 Å². The Kier molecular flexibility index (Phi) is 9.18. The number of H-pyrrole nitrogens is 1. The average Bonchev–Trinajstić information content (AvgIpc) is 3.15. The van der Waals surface area contributed by atoms with Crippen LogP contribution in [0.4, 0.5) is 0 Å². The Morgan fingerprint density at radius 3 is 2.28 bits per heavy atom. The summed E-state index contributed by atoms with van der Waals surface area (Å²) < 4.78 is 0. The van der Waals surface area contributed by atoms with Crippen molar-refractivity contribution in [1.29, 1.82) is 0 Å². The molecule has 0 saturated carbocycles. The van der Waals surface area contributed by atoms with Gasteiger partial charge in [0.25, 0.3) is 0 Å². The van der Waals surface area contributed by atoms with Crippen LogP contribution in [0.15, 0.2) is 12.5 Å².